The van der Waals surface area contributed by atoms with Gasteiger partial charge in [-0.15, -0.1) is 23.2 Å². The SMILES string of the molecule is CC(C)(C1(Cl)C=CC=CC1O)C1(Cl)C=CC=C(Cl)C1O. The minimum atomic E-state index is -1.23. The third-order valence-corrected chi connectivity index (χ3v) is 6.30. The summed E-state index contributed by atoms with van der Waals surface area (Å²) in [4.78, 5) is -2.37. The Kier molecular flexibility index (Phi) is 4.18. The van der Waals surface area contributed by atoms with E-state index in [1.807, 2.05) is 13.8 Å². The van der Waals surface area contributed by atoms with Crippen LogP contribution in [0, 0.1) is 5.41 Å². The van der Waals surface area contributed by atoms with Crippen LogP contribution in [0.25, 0.3) is 0 Å². The Labute approximate surface area is 134 Å². The molecular weight excluding hydrogens is 319 g/mol. The van der Waals surface area contributed by atoms with Crippen LogP contribution in [-0.2, 0) is 0 Å². The first-order valence-electron chi connectivity index (χ1n) is 6.32. The van der Waals surface area contributed by atoms with Crippen molar-refractivity contribution in [3.63, 3.8) is 0 Å². The molecule has 0 aromatic rings. The Morgan fingerprint density at radius 3 is 2.25 bits per heavy atom. The summed E-state index contributed by atoms with van der Waals surface area (Å²) in [5.74, 6) is 0. The molecule has 0 radical (unpaired) electrons. The normalized spacial score (nSPS) is 40.9. The van der Waals surface area contributed by atoms with Gasteiger partial charge in [-0.25, -0.2) is 0 Å². The van der Waals surface area contributed by atoms with Crippen molar-refractivity contribution in [2.75, 3.05) is 0 Å². The van der Waals surface area contributed by atoms with E-state index in [0.29, 0.717) is 0 Å². The van der Waals surface area contributed by atoms with Crippen LogP contribution in [0.15, 0.2) is 47.6 Å². The standard InChI is InChI=1S/C15H17Cl3O2/c1-13(2,14(17)8-4-3-7-11(14)19)15(18)9-5-6-10(16)12(15)20/h3-9,11-12,19-20H,1-2H3. The fourth-order valence-electron chi connectivity index (χ4n) is 2.69. The highest BCUT2D eigenvalue weighted by atomic mass is 35.5. The van der Waals surface area contributed by atoms with E-state index in [1.165, 1.54) is 0 Å². The molecule has 0 saturated heterocycles. The molecule has 20 heavy (non-hydrogen) atoms. The van der Waals surface area contributed by atoms with Gasteiger partial charge >= 0.3 is 0 Å². The lowest BCUT2D eigenvalue weighted by Crippen LogP contribution is -2.61. The summed E-state index contributed by atoms with van der Waals surface area (Å²) in [6, 6.07) is 0. The van der Waals surface area contributed by atoms with Crippen LogP contribution < -0.4 is 0 Å². The number of rotatable bonds is 2. The Morgan fingerprint density at radius 2 is 1.65 bits per heavy atom. The van der Waals surface area contributed by atoms with Gasteiger partial charge < -0.3 is 10.2 Å². The molecule has 2 N–H and O–H groups in total. The van der Waals surface area contributed by atoms with Crippen molar-refractivity contribution in [1.82, 2.24) is 0 Å². The van der Waals surface area contributed by atoms with E-state index in [0.717, 1.165) is 0 Å². The van der Waals surface area contributed by atoms with Crippen LogP contribution in [0.2, 0.25) is 0 Å². The van der Waals surface area contributed by atoms with Gasteiger partial charge in [0.05, 0.1) is 11.0 Å². The van der Waals surface area contributed by atoms with Gasteiger partial charge in [0.2, 0.25) is 0 Å². The van der Waals surface area contributed by atoms with Gasteiger partial charge in [-0.05, 0) is 6.08 Å². The Hall–Kier alpha value is -0.250. The minimum Gasteiger partial charge on any atom is -0.387 e. The molecule has 0 aliphatic heterocycles. The number of allylic oxidation sites excluding steroid dienone is 4. The van der Waals surface area contributed by atoms with E-state index >= 15 is 0 Å². The second kappa shape index (κ2) is 5.19. The number of aliphatic hydroxyl groups is 2. The smallest absolute Gasteiger partial charge is 0.113 e. The predicted molar refractivity (Wildman–Crippen MR) is 84.3 cm³/mol. The second-order valence-electron chi connectivity index (χ2n) is 5.66. The average Bonchev–Trinajstić information content (AvgIpc) is 2.39. The molecule has 2 nitrogen and oxygen atoms in total. The number of alkyl halides is 2. The molecule has 0 aromatic carbocycles. The fraction of sp³-hybridized carbons (Fsp3) is 0.467. The summed E-state index contributed by atoms with van der Waals surface area (Å²) >= 11 is 19.4. The van der Waals surface area contributed by atoms with E-state index < -0.39 is 27.4 Å². The van der Waals surface area contributed by atoms with Crippen LogP contribution in [-0.4, -0.2) is 32.2 Å². The van der Waals surface area contributed by atoms with Crippen LogP contribution in [0.5, 0.6) is 0 Å². The summed E-state index contributed by atoms with van der Waals surface area (Å²) in [5.41, 5.74) is -0.881. The number of aliphatic hydroxyl groups excluding tert-OH is 2. The molecule has 0 aromatic heterocycles. The van der Waals surface area contributed by atoms with Crippen molar-refractivity contribution < 1.29 is 10.2 Å². The summed E-state index contributed by atoms with van der Waals surface area (Å²) < 4.78 is 0. The highest BCUT2D eigenvalue weighted by molar-refractivity contribution is 6.34. The lowest BCUT2D eigenvalue weighted by molar-refractivity contribution is 0.0503. The molecule has 0 bridgehead atoms. The topological polar surface area (TPSA) is 40.5 Å². The lowest BCUT2D eigenvalue weighted by atomic mass is 9.62. The number of hydrogen-bond acceptors (Lipinski definition) is 2. The Balaban J connectivity index is 2.50. The molecule has 110 valence electrons. The molecular formula is C15H17Cl3O2. The van der Waals surface area contributed by atoms with Crippen LogP contribution in [0.1, 0.15) is 13.8 Å². The highest BCUT2D eigenvalue weighted by Gasteiger charge is 2.60. The van der Waals surface area contributed by atoms with E-state index in [9.17, 15) is 10.2 Å². The zero-order valence-corrected chi connectivity index (χ0v) is 13.5. The van der Waals surface area contributed by atoms with Crippen molar-refractivity contribution in [1.29, 1.82) is 0 Å². The highest BCUT2D eigenvalue weighted by Crippen LogP contribution is 2.56. The molecule has 0 spiro atoms. The number of hydrogen-bond donors (Lipinski definition) is 2. The summed E-state index contributed by atoms with van der Waals surface area (Å²) in [6.45, 7) is 3.62. The van der Waals surface area contributed by atoms with Gasteiger partial charge in [0.25, 0.3) is 0 Å². The zero-order chi connectivity index (χ0) is 15.2. The van der Waals surface area contributed by atoms with E-state index in [4.69, 9.17) is 34.8 Å². The Bertz CT molecular complexity index is 521. The predicted octanol–water partition coefficient (Wildman–Crippen LogP) is 3.51. The van der Waals surface area contributed by atoms with Crippen molar-refractivity contribution >= 4 is 34.8 Å². The summed E-state index contributed by atoms with van der Waals surface area (Å²) in [5, 5.41) is 20.9. The minimum absolute atomic E-state index is 0.251. The van der Waals surface area contributed by atoms with Gasteiger partial charge in [0.15, 0.2) is 0 Å². The fourth-order valence-corrected chi connectivity index (χ4v) is 3.69. The van der Waals surface area contributed by atoms with Gasteiger partial charge in [-0.1, -0.05) is 61.9 Å². The monoisotopic (exact) mass is 334 g/mol. The van der Waals surface area contributed by atoms with E-state index in [1.54, 1.807) is 42.5 Å². The molecule has 2 rings (SSSR count). The molecule has 2 aliphatic rings. The summed E-state index contributed by atoms with van der Waals surface area (Å²) in [6.07, 6.45) is 9.75. The largest absolute Gasteiger partial charge is 0.387 e. The average molecular weight is 336 g/mol. The quantitative estimate of drug-likeness (QED) is 0.758. The molecule has 2 aliphatic carbocycles. The third-order valence-electron chi connectivity index (χ3n) is 4.34. The van der Waals surface area contributed by atoms with Crippen molar-refractivity contribution in [2.24, 2.45) is 5.41 Å². The molecule has 0 heterocycles. The van der Waals surface area contributed by atoms with Crippen molar-refractivity contribution in [3.05, 3.63) is 47.6 Å². The first-order valence-corrected chi connectivity index (χ1v) is 7.45. The molecule has 0 fully saturated rings. The molecule has 0 saturated carbocycles. The molecule has 4 atom stereocenters. The van der Waals surface area contributed by atoms with Gasteiger partial charge in [0.1, 0.15) is 11.0 Å². The second-order valence-corrected chi connectivity index (χ2v) is 7.35. The van der Waals surface area contributed by atoms with Gasteiger partial charge in [0, 0.05) is 10.4 Å². The maximum Gasteiger partial charge on any atom is 0.113 e. The van der Waals surface area contributed by atoms with Crippen LogP contribution in [0.3, 0.4) is 0 Å². The van der Waals surface area contributed by atoms with Crippen LogP contribution in [0.4, 0.5) is 0 Å². The maximum atomic E-state index is 10.4. The van der Waals surface area contributed by atoms with Gasteiger partial charge in [-0.3, -0.25) is 0 Å². The first kappa shape index (κ1) is 16.1. The maximum absolute atomic E-state index is 10.4. The number of halogens is 3. The van der Waals surface area contributed by atoms with Crippen LogP contribution >= 0.6 is 34.8 Å². The van der Waals surface area contributed by atoms with Gasteiger partial charge in [-0.2, -0.15) is 0 Å². The van der Waals surface area contributed by atoms with Crippen molar-refractivity contribution in [3.8, 4) is 0 Å². The lowest BCUT2D eigenvalue weighted by Gasteiger charge is -2.53. The third kappa shape index (κ3) is 2.10. The Morgan fingerprint density at radius 1 is 1.05 bits per heavy atom. The van der Waals surface area contributed by atoms with Crippen molar-refractivity contribution in [2.45, 2.75) is 35.8 Å². The molecule has 0 amide bonds. The molecule has 4 unspecified atom stereocenters. The first-order chi connectivity index (χ1) is 9.17. The van der Waals surface area contributed by atoms with E-state index in [2.05, 4.69) is 0 Å². The summed E-state index contributed by atoms with van der Waals surface area (Å²) in [7, 11) is 0. The zero-order valence-electron chi connectivity index (χ0n) is 11.2. The van der Waals surface area contributed by atoms with E-state index in [-0.39, 0.29) is 5.03 Å². The molecule has 5 heteroatoms.